The number of nitrogens with two attached hydrogens (primary N) is 1. The Balaban J connectivity index is 1.68. The Morgan fingerprint density at radius 3 is 2.45 bits per heavy atom. The van der Waals surface area contributed by atoms with Gasteiger partial charge in [0.2, 0.25) is 5.78 Å². The van der Waals surface area contributed by atoms with E-state index in [1.807, 2.05) is 0 Å². The first-order valence-electron chi connectivity index (χ1n) is 12.2. The number of ketones is 3. The highest BCUT2D eigenvalue weighted by atomic mass is 16.7. The Labute approximate surface area is 217 Å². The molecule has 0 radical (unpaired) electrons. The lowest BCUT2D eigenvalue weighted by atomic mass is 9.72. The molecule has 38 heavy (non-hydrogen) atoms. The van der Waals surface area contributed by atoms with E-state index in [-0.39, 0.29) is 40.8 Å². The topological polar surface area (TPSA) is 186 Å². The Morgan fingerprint density at radius 2 is 1.82 bits per heavy atom. The van der Waals surface area contributed by atoms with Crippen LogP contribution in [-0.4, -0.2) is 75.0 Å². The third-order valence-electron chi connectivity index (χ3n) is 7.80. The number of benzene rings is 2. The number of rotatable bonds is 4. The summed E-state index contributed by atoms with van der Waals surface area (Å²) in [4.78, 5) is 39.6. The molecule has 2 aromatic carbocycles. The summed E-state index contributed by atoms with van der Waals surface area (Å²) in [5, 5.41) is 44.1. The van der Waals surface area contributed by atoms with Gasteiger partial charge in [0.25, 0.3) is 0 Å². The van der Waals surface area contributed by atoms with Gasteiger partial charge >= 0.3 is 0 Å². The highest BCUT2D eigenvalue weighted by molar-refractivity contribution is 6.31. The van der Waals surface area contributed by atoms with Gasteiger partial charge in [-0.3, -0.25) is 14.4 Å². The maximum Gasteiger partial charge on any atom is 0.202 e. The zero-order chi connectivity index (χ0) is 27.7. The maximum atomic E-state index is 13.6. The molecule has 0 bridgehead atoms. The maximum absolute atomic E-state index is 13.6. The highest BCUT2D eigenvalue weighted by Gasteiger charge is 2.49. The summed E-state index contributed by atoms with van der Waals surface area (Å²) < 4.78 is 17.1. The minimum Gasteiger partial charge on any atom is -0.507 e. The van der Waals surface area contributed by atoms with Crippen LogP contribution in [0.25, 0.3) is 0 Å². The molecule has 11 heteroatoms. The first-order valence-corrected chi connectivity index (χ1v) is 12.2. The first kappa shape index (κ1) is 26.3. The van der Waals surface area contributed by atoms with Gasteiger partial charge in [-0.15, -0.1) is 0 Å². The summed E-state index contributed by atoms with van der Waals surface area (Å²) in [6.07, 6.45) is -4.53. The molecule has 1 saturated heterocycles. The van der Waals surface area contributed by atoms with Crippen molar-refractivity contribution in [3.8, 4) is 17.2 Å². The van der Waals surface area contributed by atoms with Gasteiger partial charge in [-0.2, -0.15) is 0 Å². The smallest absolute Gasteiger partial charge is 0.202 e. The Bertz CT molecular complexity index is 1360. The number of phenols is 2. The van der Waals surface area contributed by atoms with E-state index in [0.29, 0.717) is 0 Å². The molecule has 1 heterocycles. The van der Waals surface area contributed by atoms with Crippen LogP contribution in [0.4, 0.5) is 0 Å². The van der Waals surface area contributed by atoms with Crippen molar-refractivity contribution in [1.82, 2.24) is 0 Å². The molecule has 11 nitrogen and oxygen atoms in total. The minimum absolute atomic E-state index is 0.0147. The first-order chi connectivity index (χ1) is 17.9. The van der Waals surface area contributed by atoms with Gasteiger partial charge in [-0.25, -0.2) is 0 Å². The van der Waals surface area contributed by atoms with Crippen molar-refractivity contribution in [1.29, 1.82) is 0 Å². The van der Waals surface area contributed by atoms with Crippen molar-refractivity contribution in [2.75, 3.05) is 7.11 Å². The second kappa shape index (κ2) is 9.14. The molecule has 0 aromatic heterocycles. The number of carbonyl (C=O) groups excluding carboxylic acids is 3. The standard InChI is InChI=1S/C27H29NO10/c1-10-22(30)14(28)7-17(37-10)38-16-9-27(35,11(2)29)8-13-19(16)26(34)21-20(24(13)32)23(31)12-5-4-6-15(36-3)18(12)25(21)33/h4-6,10,14,16-17,22,30,32,34-35H,7-9,28H2,1-3H3/t10?,14?,16-,17-,22?,27-/m0/s1. The number of aliphatic hydroxyl groups is 2. The van der Waals surface area contributed by atoms with Gasteiger partial charge in [0.15, 0.2) is 17.9 Å². The third kappa shape index (κ3) is 3.81. The molecule has 2 aliphatic carbocycles. The van der Waals surface area contributed by atoms with E-state index < -0.39 is 82.6 Å². The number of methoxy groups -OCH3 is 1. The minimum atomic E-state index is -2.00. The molecule has 202 valence electrons. The van der Waals surface area contributed by atoms with E-state index in [1.54, 1.807) is 6.92 Å². The number of hydrogen-bond acceptors (Lipinski definition) is 11. The number of hydrogen-bond donors (Lipinski definition) is 5. The molecule has 5 rings (SSSR count). The monoisotopic (exact) mass is 527 g/mol. The van der Waals surface area contributed by atoms with Crippen LogP contribution in [0.5, 0.6) is 17.2 Å². The fourth-order valence-corrected chi connectivity index (χ4v) is 5.66. The number of aromatic hydroxyl groups is 2. The Hall–Kier alpha value is -3.35. The van der Waals surface area contributed by atoms with Gasteiger partial charge in [-0.05, 0) is 19.9 Å². The Morgan fingerprint density at radius 1 is 1.13 bits per heavy atom. The van der Waals surface area contributed by atoms with Crippen LogP contribution in [-0.2, 0) is 20.7 Å². The summed E-state index contributed by atoms with van der Waals surface area (Å²) in [6.45, 7) is 2.79. The highest BCUT2D eigenvalue weighted by Crippen LogP contribution is 2.52. The second-order valence-corrected chi connectivity index (χ2v) is 10.1. The van der Waals surface area contributed by atoms with E-state index in [4.69, 9.17) is 19.9 Å². The molecule has 3 unspecified atom stereocenters. The summed E-state index contributed by atoms with van der Waals surface area (Å²) >= 11 is 0. The fourth-order valence-electron chi connectivity index (χ4n) is 5.66. The molecule has 6 N–H and O–H groups in total. The molecule has 6 atom stereocenters. The quantitative estimate of drug-likeness (QED) is 0.305. The number of Topliss-reactive ketones (excluding diaryl/α,β-unsaturated/α-hetero) is 1. The van der Waals surface area contributed by atoms with Crippen molar-refractivity contribution >= 4 is 17.3 Å². The predicted molar refractivity (Wildman–Crippen MR) is 130 cm³/mol. The van der Waals surface area contributed by atoms with Crippen LogP contribution < -0.4 is 10.5 Å². The Kier molecular flexibility index (Phi) is 6.32. The van der Waals surface area contributed by atoms with E-state index in [0.717, 1.165) is 0 Å². The zero-order valence-corrected chi connectivity index (χ0v) is 21.1. The summed E-state index contributed by atoms with van der Waals surface area (Å²) in [7, 11) is 1.34. The normalized spacial score (nSPS) is 30.3. The zero-order valence-electron chi connectivity index (χ0n) is 21.1. The van der Waals surface area contributed by atoms with Crippen LogP contribution >= 0.6 is 0 Å². The van der Waals surface area contributed by atoms with Crippen molar-refractivity contribution in [3.05, 3.63) is 51.6 Å². The third-order valence-corrected chi connectivity index (χ3v) is 7.80. The molecule has 1 fully saturated rings. The van der Waals surface area contributed by atoms with E-state index in [1.165, 1.54) is 32.2 Å². The number of fused-ring (bicyclic) bond motifs is 3. The molecule has 0 saturated carbocycles. The van der Waals surface area contributed by atoms with Crippen LogP contribution in [0.15, 0.2) is 18.2 Å². The summed E-state index contributed by atoms with van der Waals surface area (Å²) in [5.41, 5.74) is 2.97. The van der Waals surface area contributed by atoms with E-state index >= 15 is 0 Å². The molecular formula is C27H29NO10. The number of ether oxygens (including phenoxy) is 3. The lowest BCUT2D eigenvalue weighted by molar-refractivity contribution is -0.247. The van der Waals surface area contributed by atoms with E-state index in [2.05, 4.69) is 0 Å². The van der Waals surface area contributed by atoms with Gasteiger partial charge in [0, 0.05) is 42.0 Å². The van der Waals surface area contributed by atoms with Gasteiger partial charge in [-0.1, -0.05) is 12.1 Å². The van der Waals surface area contributed by atoms with Crippen LogP contribution in [0, 0.1) is 0 Å². The van der Waals surface area contributed by atoms with Gasteiger partial charge in [0.05, 0.1) is 42.1 Å². The lowest BCUT2D eigenvalue weighted by Gasteiger charge is -2.42. The molecule has 3 aliphatic rings. The van der Waals surface area contributed by atoms with Crippen LogP contribution in [0.2, 0.25) is 0 Å². The molecule has 1 aliphatic heterocycles. The molecule has 0 spiro atoms. The predicted octanol–water partition coefficient (Wildman–Crippen LogP) is 1.03. The lowest BCUT2D eigenvalue weighted by Crippen LogP contribution is -2.52. The molecule has 2 aromatic rings. The number of aliphatic hydroxyl groups excluding tert-OH is 1. The summed E-state index contributed by atoms with van der Waals surface area (Å²) in [6, 6.07) is 3.75. The number of carbonyl (C=O) groups is 3. The van der Waals surface area contributed by atoms with Crippen LogP contribution in [0.1, 0.15) is 75.8 Å². The van der Waals surface area contributed by atoms with Crippen molar-refractivity contribution in [3.63, 3.8) is 0 Å². The fraction of sp³-hybridized carbons (Fsp3) is 0.444. The van der Waals surface area contributed by atoms with Crippen molar-refractivity contribution < 1.29 is 49.0 Å². The van der Waals surface area contributed by atoms with Crippen molar-refractivity contribution in [2.45, 2.75) is 69.4 Å². The molecular weight excluding hydrogens is 498 g/mol. The van der Waals surface area contributed by atoms with Gasteiger partial charge < -0.3 is 40.4 Å². The second-order valence-electron chi connectivity index (χ2n) is 10.1. The van der Waals surface area contributed by atoms with Crippen molar-refractivity contribution in [2.24, 2.45) is 5.73 Å². The number of phenolic OH excluding ortho intramolecular Hbond substituents is 2. The largest absolute Gasteiger partial charge is 0.507 e. The summed E-state index contributed by atoms with van der Waals surface area (Å²) in [5.74, 6) is -3.18. The SMILES string of the molecule is COc1cccc2c1C(=O)c1c(O)c3c(c(O)c1C2=O)C[C@@](O)(C(C)=O)C[C@@H]3O[C@H]1CC(N)C(O)C(C)O1. The van der Waals surface area contributed by atoms with Gasteiger partial charge in [0.1, 0.15) is 22.8 Å². The van der Waals surface area contributed by atoms with E-state index in [9.17, 15) is 34.8 Å². The average Bonchev–Trinajstić information content (AvgIpc) is 2.87. The average molecular weight is 528 g/mol. The molecule has 0 amide bonds. The van der Waals surface area contributed by atoms with Crippen LogP contribution in [0.3, 0.4) is 0 Å².